The van der Waals surface area contributed by atoms with Crippen LogP contribution in [0.15, 0.2) is 30.5 Å². The minimum atomic E-state index is -0.144. The van der Waals surface area contributed by atoms with Crippen molar-refractivity contribution >= 4 is 10.9 Å². The fourth-order valence-corrected chi connectivity index (χ4v) is 2.18. The summed E-state index contributed by atoms with van der Waals surface area (Å²) in [4.78, 5) is 0. The molecule has 17 heavy (non-hydrogen) atoms. The van der Waals surface area contributed by atoms with Gasteiger partial charge in [0.05, 0.1) is 24.4 Å². The number of aliphatic hydroxyl groups is 1. The standard InChI is InChI=1S/C13H19N3O/c1-2-5-11(14)13(9-17)16-12-7-4-3-6-10(12)8-15-16/h3-4,6-8,11,13,17H,2,5,9,14H2,1H3. The van der Waals surface area contributed by atoms with Crippen LogP contribution in [-0.4, -0.2) is 27.5 Å². The van der Waals surface area contributed by atoms with Crippen molar-refractivity contribution in [2.75, 3.05) is 6.61 Å². The quantitative estimate of drug-likeness (QED) is 0.826. The summed E-state index contributed by atoms with van der Waals surface area (Å²) in [7, 11) is 0. The number of hydrogen-bond acceptors (Lipinski definition) is 3. The van der Waals surface area contributed by atoms with Crippen LogP contribution in [0.2, 0.25) is 0 Å². The lowest BCUT2D eigenvalue weighted by atomic mass is 10.1. The lowest BCUT2D eigenvalue weighted by molar-refractivity contribution is 0.196. The Hall–Kier alpha value is -1.39. The fraction of sp³-hybridized carbons (Fsp3) is 0.462. The molecule has 0 aliphatic carbocycles. The van der Waals surface area contributed by atoms with E-state index in [0.29, 0.717) is 0 Å². The Morgan fingerprint density at radius 3 is 2.88 bits per heavy atom. The zero-order chi connectivity index (χ0) is 12.3. The van der Waals surface area contributed by atoms with Crippen LogP contribution >= 0.6 is 0 Å². The van der Waals surface area contributed by atoms with E-state index < -0.39 is 0 Å². The molecule has 0 amide bonds. The number of hydrogen-bond donors (Lipinski definition) is 2. The smallest absolute Gasteiger partial charge is 0.0907 e. The van der Waals surface area contributed by atoms with Crippen LogP contribution in [0.25, 0.3) is 10.9 Å². The molecule has 0 fully saturated rings. The second kappa shape index (κ2) is 5.29. The molecule has 2 unspecified atom stereocenters. The minimum absolute atomic E-state index is 0.0207. The van der Waals surface area contributed by atoms with Gasteiger partial charge < -0.3 is 10.8 Å². The summed E-state index contributed by atoms with van der Waals surface area (Å²) in [5.41, 5.74) is 7.13. The van der Waals surface area contributed by atoms with Crippen molar-refractivity contribution in [3.8, 4) is 0 Å². The number of para-hydroxylation sites is 1. The molecule has 1 aromatic carbocycles. The Kier molecular flexibility index (Phi) is 3.76. The molecule has 0 bridgehead atoms. The first-order chi connectivity index (χ1) is 8.27. The van der Waals surface area contributed by atoms with Crippen LogP contribution in [0.1, 0.15) is 25.8 Å². The summed E-state index contributed by atoms with van der Waals surface area (Å²) < 4.78 is 1.84. The van der Waals surface area contributed by atoms with E-state index >= 15 is 0 Å². The van der Waals surface area contributed by atoms with Crippen molar-refractivity contribution < 1.29 is 5.11 Å². The van der Waals surface area contributed by atoms with Crippen LogP contribution < -0.4 is 5.73 Å². The van der Waals surface area contributed by atoms with E-state index in [0.717, 1.165) is 23.7 Å². The Bertz CT molecular complexity index is 480. The van der Waals surface area contributed by atoms with E-state index in [1.165, 1.54) is 0 Å². The largest absolute Gasteiger partial charge is 0.394 e. The summed E-state index contributed by atoms with van der Waals surface area (Å²) >= 11 is 0. The van der Waals surface area contributed by atoms with E-state index in [-0.39, 0.29) is 18.7 Å². The maximum atomic E-state index is 9.51. The average molecular weight is 233 g/mol. The Balaban J connectivity index is 2.36. The second-order valence-corrected chi connectivity index (χ2v) is 4.35. The number of aliphatic hydroxyl groups excluding tert-OH is 1. The molecule has 2 aromatic rings. The second-order valence-electron chi connectivity index (χ2n) is 4.35. The third-order valence-electron chi connectivity index (χ3n) is 3.12. The van der Waals surface area contributed by atoms with Gasteiger partial charge in [-0.15, -0.1) is 0 Å². The highest BCUT2D eigenvalue weighted by molar-refractivity contribution is 5.78. The molecule has 2 atom stereocenters. The predicted octanol–water partition coefficient (Wildman–Crippen LogP) is 1.70. The molecular formula is C13H19N3O. The molecule has 2 rings (SSSR count). The molecule has 0 saturated heterocycles. The highest BCUT2D eigenvalue weighted by Gasteiger charge is 2.20. The van der Waals surface area contributed by atoms with Gasteiger partial charge in [0.25, 0.3) is 0 Å². The summed E-state index contributed by atoms with van der Waals surface area (Å²) in [5.74, 6) is 0. The maximum Gasteiger partial charge on any atom is 0.0907 e. The first kappa shape index (κ1) is 12.1. The van der Waals surface area contributed by atoms with Gasteiger partial charge in [0, 0.05) is 11.4 Å². The SMILES string of the molecule is CCCC(N)C(CO)n1ncc2ccccc21. The number of benzene rings is 1. The molecule has 0 saturated carbocycles. The minimum Gasteiger partial charge on any atom is -0.394 e. The molecule has 4 heteroatoms. The summed E-state index contributed by atoms with van der Waals surface area (Å²) in [6.45, 7) is 2.11. The molecule has 0 spiro atoms. The first-order valence-electron chi connectivity index (χ1n) is 6.06. The van der Waals surface area contributed by atoms with Gasteiger partial charge in [-0.2, -0.15) is 5.10 Å². The van der Waals surface area contributed by atoms with Crippen molar-refractivity contribution in [3.05, 3.63) is 30.5 Å². The molecular weight excluding hydrogens is 214 g/mol. The number of nitrogens with two attached hydrogens (primary N) is 1. The van der Waals surface area contributed by atoms with E-state index in [9.17, 15) is 5.11 Å². The van der Waals surface area contributed by atoms with Gasteiger partial charge in [-0.25, -0.2) is 0 Å². The normalized spacial score (nSPS) is 15.0. The van der Waals surface area contributed by atoms with E-state index in [2.05, 4.69) is 12.0 Å². The third kappa shape index (κ3) is 2.33. The molecule has 4 nitrogen and oxygen atoms in total. The van der Waals surface area contributed by atoms with Crippen LogP contribution in [0.3, 0.4) is 0 Å². The van der Waals surface area contributed by atoms with Crippen molar-refractivity contribution in [2.24, 2.45) is 5.73 Å². The van der Waals surface area contributed by atoms with Crippen LogP contribution in [0.4, 0.5) is 0 Å². The van der Waals surface area contributed by atoms with Gasteiger partial charge in [0.2, 0.25) is 0 Å². The zero-order valence-electron chi connectivity index (χ0n) is 10.1. The number of rotatable bonds is 5. The van der Waals surface area contributed by atoms with Gasteiger partial charge in [0.15, 0.2) is 0 Å². The zero-order valence-corrected chi connectivity index (χ0v) is 10.1. The Morgan fingerprint density at radius 2 is 2.18 bits per heavy atom. The number of fused-ring (bicyclic) bond motifs is 1. The van der Waals surface area contributed by atoms with Crippen molar-refractivity contribution in [1.82, 2.24) is 9.78 Å². The molecule has 3 N–H and O–H groups in total. The molecule has 1 aromatic heterocycles. The molecule has 0 aliphatic heterocycles. The summed E-state index contributed by atoms with van der Waals surface area (Å²) in [6, 6.07) is 7.76. The lowest BCUT2D eigenvalue weighted by Crippen LogP contribution is -2.35. The molecule has 0 radical (unpaired) electrons. The third-order valence-corrected chi connectivity index (χ3v) is 3.12. The lowest BCUT2D eigenvalue weighted by Gasteiger charge is -2.22. The highest BCUT2D eigenvalue weighted by Crippen LogP contribution is 2.20. The maximum absolute atomic E-state index is 9.51. The summed E-state index contributed by atoms with van der Waals surface area (Å²) in [6.07, 6.45) is 3.72. The van der Waals surface area contributed by atoms with E-state index in [1.807, 2.05) is 35.1 Å². The van der Waals surface area contributed by atoms with Gasteiger partial charge in [0.1, 0.15) is 0 Å². The van der Waals surface area contributed by atoms with E-state index in [4.69, 9.17) is 5.73 Å². The van der Waals surface area contributed by atoms with Crippen LogP contribution in [0, 0.1) is 0 Å². The summed E-state index contributed by atoms with van der Waals surface area (Å²) in [5, 5.41) is 14.9. The predicted molar refractivity (Wildman–Crippen MR) is 68.7 cm³/mol. The Labute approximate surface area is 101 Å². The van der Waals surface area contributed by atoms with Crippen LogP contribution in [0.5, 0.6) is 0 Å². The van der Waals surface area contributed by atoms with Crippen LogP contribution in [-0.2, 0) is 0 Å². The van der Waals surface area contributed by atoms with Gasteiger partial charge in [-0.05, 0) is 12.5 Å². The average Bonchev–Trinajstić information content (AvgIpc) is 2.75. The topological polar surface area (TPSA) is 64.1 Å². The van der Waals surface area contributed by atoms with Crippen molar-refractivity contribution in [3.63, 3.8) is 0 Å². The number of aromatic nitrogens is 2. The molecule has 0 aliphatic rings. The molecule has 92 valence electrons. The monoisotopic (exact) mass is 233 g/mol. The highest BCUT2D eigenvalue weighted by atomic mass is 16.3. The van der Waals surface area contributed by atoms with Crippen molar-refractivity contribution in [2.45, 2.75) is 31.8 Å². The Morgan fingerprint density at radius 1 is 1.41 bits per heavy atom. The van der Waals surface area contributed by atoms with Crippen molar-refractivity contribution in [1.29, 1.82) is 0 Å². The molecule has 1 heterocycles. The van der Waals surface area contributed by atoms with Gasteiger partial charge >= 0.3 is 0 Å². The van der Waals surface area contributed by atoms with E-state index in [1.54, 1.807) is 0 Å². The fourth-order valence-electron chi connectivity index (χ4n) is 2.18. The van der Waals surface area contributed by atoms with Gasteiger partial charge in [-0.1, -0.05) is 31.5 Å². The van der Waals surface area contributed by atoms with Gasteiger partial charge in [-0.3, -0.25) is 4.68 Å². The first-order valence-corrected chi connectivity index (χ1v) is 6.06. The number of nitrogens with zero attached hydrogens (tertiary/aromatic N) is 2.